The number of amides is 1. The number of fused-ring (bicyclic) bond motifs is 3. The summed E-state index contributed by atoms with van der Waals surface area (Å²) in [7, 11) is 2.94. The number of rotatable bonds is 14. The minimum Gasteiger partial charge on any atom is -0.475 e. The van der Waals surface area contributed by atoms with E-state index in [1.165, 1.54) is 12.0 Å². The molecule has 22 heteroatoms. The van der Waals surface area contributed by atoms with Crippen LogP contribution in [0.5, 0.6) is 0 Å². The summed E-state index contributed by atoms with van der Waals surface area (Å²) in [6, 6.07) is -1.17. The van der Waals surface area contributed by atoms with Crippen molar-refractivity contribution in [1.82, 2.24) is 4.90 Å². The van der Waals surface area contributed by atoms with Crippen molar-refractivity contribution in [2.24, 2.45) is 41.2 Å². The molecule has 15 atom stereocenters. The van der Waals surface area contributed by atoms with E-state index in [0.29, 0.717) is 89.7 Å². The number of carboxylic acid groups (broad SMARTS) is 1. The largest absolute Gasteiger partial charge is 0.490 e. The zero-order valence-corrected chi connectivity index (χ0v) is 48.2. The third kappa shape index (κ3) is 21.8. The number of aliphatic carboxylic acids is 1. The van der Waals surface area contributed by atoms with Gasteiger partial charge >= 0.3 is 18.1 Å². The molecule has 1 saturated carbocycles. The van der Waals surface area contributed by atoms with Gasteiger partial charge in [-0.2, -0.15) is 13.2 Å². The number of methoxy groups -OCH3 is 2. The number of hydrogen-bond donors (Lipinski definition) is 5. The fourth-order valence-electron chi connectivity index (χ4n) is 10.7. The molecule has 2 saturated heterocycles. The summed E-state index contributed by atoms with van der Waals surface area (Å²) in [5, 5.41) is 41.3. The van der Waals surface area contributed by atoms with Gasteiger partial charge in [0.2, 0.25) is 5.79 Å². The zero-order chi connectivity index (χ0) is 59.9. The number of alkyl halides is 3. The number of carbonyl (C=O) groups is 6. The minimum atomic E-state index is -5.08. The molecule has 3 aliphatic heterocycles. The van der Waals surface area contributed by atoms with Crippen LogP contribution in [0.25, 0.3) is 0 Å². The Morgan fingerprint density at radius 2 is 1.52 bits per heavy atom. The SMILES string of the molecule is CO[C@@H]1C[C@H](C[C@@H](C)[C@@H]2CC(=O)[C@H](C)/C=C(\C)[C@@H](O)[C@@H](OC)C(=O)[C@H](C)C[C@H](C)/C=C/C=C/C=C(\C)[C@@H](OCCOCCOCCN)C[C@@H]3CC[C@@H](C)[C@@](O)(O3)C(=O)C(=O)N3CCCC[C@H]3C(=O)O2)CC[C@H]1O.O=C(O)C(F)(F)F. The van der Waals surface area contributed by atoms with Crippen LogP contribution in [0.15, 0.2) is 47.6 Å². The molecular weight excluding hydrogens is 1050 g/mol. The van der Waals surface area contributed by atoms with Crippen LogP contribution in [0, 0.1) is 35.5 Å². The Morgan fingerprint density at radius 1 is 0.863 bits per heavy atom. The second kappa shape index (κ2) is 34.4. The highest BCUT2D eigenvalue weighted by Gasteiger charge is 2.53. The van der Waals surface area contributed by atoms with Gasteiger partial charge in [0, 0.05) is 57.9 Å². The average molecular weight is 1150 g/mol. The first kappa shape index (κ1) is 70.0. The third-order valence-electron chi connectivity index (χ3n) is 15.6. The number of carboxylic acids is 1. The monoisotopic (exact) mass is 1140 g/mol. The number of nitrogens with zero attached hydrogens (tertiary/aromatic N) is 1. The molecule has 0 spiro atoms. The fraction of sp³-hybridized carbons (Fsp3) is 0.759. The number of nitrogens with two attached hydrogens (primary N) is 1. The molecule has 0 unspecified atom stereocenters. The summed E-state index contributed by atoms with van der Waals surface area (Å²) in [6.07, 6.45) is 5.52. The second-order valence-electron chi connectivity index (χ2n) is 22.0. The molecule has 6 N–H and O–H groups in total. The van der Waals surface area contributed by atoms with Gasteiger partial charge in [-0.15, -0.1) is 0 Å². The summed E-state index contributed by atoms with van der Waals surface area (Å²) in [5.74, 6) is -11.0. The van der Waals surface area contributed by atoms with E-state index in [0.717, 1.165) is 5.57 Å². The number of ketones is 3. The van der Waals surface area contributed by atoms with Crippen LogP contribution in [0.1, 0.15) is 126 Å². The average Bonchev–Trinajstić information content (AvgIpc) is 3.43. The molecule has 80 heavy (non-hydrogen) atoms. The molecule has 0 aromatic heterocycles. The van der Waals surface area contributed by atoms with Gasteiger partial charge in [0.05, 0.1) is 57.5 Å². The minimum absolute atomic E-state index is 0.0130. The van der Waals surface area contributed by atoms with Crippen LogP contribution in [-0.4, -0.2) is 182 Å². The molecule has 456 valence electrons. The van der Waals surface area contributed by atoms with Crippen molar-refractivity contribution in [2.75, 3.05) is 60.3 Å². The van der Waals surface area contributed by atoms with E-state index in [1.807, 2.05) is 58.1 Å². The summed E-state index contributed by atoms with van der Waals surface area (Å²) < 4.78 is 72.9. The Morgan fingerprint density at radius 3 is 2.16 bits per heavy atom. The highest BCUT2D eigenvalue weighted by atomic mass is 19.4. The third-order valence-corrected chi connectivity index (χ3v) is 15.6. The molecule has 3 heterocycles. The van der Waals surface area contributed by atoms with E-state index >= 15 is 0 Å². The van der Waals surface area contributed by atoms with Crippen molar-refractivity contribution >= 4 is 35.2 Å². The lowest BCUT2D eigenvalue weighted by Gasteiger charge is -2.43. The number of esters is 1. The number of piperidine rings is 1. The second-order valence-corrected chi connectivity index (χ2v) is 22.0. The van der Waals surface area contributed by atoms with Gasteiger partial charge in [-0.3, -0.25) is 19.2 Å². The van der Waals surface area contributed by atoms with Crippen LogP contribution in [0.3, 0.4) is 0 Å². The number of carbonyl (C=O) groups excluding carboxylic acids is 5. The van der Waals surface area contributed by atoms with E-state index in [-0.39, 0.29) is 74.4 Å². The first-order chi connectivity index (χ1) is 37.7. The number of hydrogen-bond acceptors (Lipinski definition) is 17. The highest BCUT2D eigenvalue weighted by Crippen LogP contribution is 2.38. The van der Waals surface area contributed by atoms with E-state index < -0.39 is 96.0 Å². The Hall–Kier alpha value is -4.23. The van der Waals surface area contributed by atoms with E-state index in [2.05, 4.69) is 0 Å². The van der Waals surface area contributed by atoms with Crippen molar-refractivity contribution in [3.05, 3.63) is 47.6 Å². The number of cyclic esters (lactones) is 1. The van der Waals surface area contributed by atoms with Crippen LogP contribution in [-0.2, 0) is 61.9 Å². The first-order valence-corrected chi connectivity index (χ1v) is 28.1. The van der Waals surface area contributed by atoms with Gasteiger partial charge in [0.1, 0.15) is 30.1 Å². The number of ether oxygens (including phenoxy) is 7. The van der Waals surface area contributed by atoms with Crippen molar-refractivity contribution < 1.29 is 95.5 Å². The normalized spacial score (nSPS) is 35.0. The smallest absolute Gasteiger partial charge is 0.475 e. The number of Topliss-reactive ketones (excluding diaryl/α,β-unsaturated/α-hetero) is 3. The van der Waals surface area contributed by atoms with E-state index in [4.69, 9.17) is 48.8 Å². The molecule has 0 aromatic rings. The maximum Gasteiger partial charge on any atom is 0.490 e. The quantitative estimate of drug-likeness (QED) is 0.0562. The van der Waals surface area contributed by atoms with Crippen molar-refractivity contribution in [3.63, 3.8) is 0 Å². The molecular formula is C58H91F3N2O17. The molecule has 0 radical (unpaired) electrons. The molecule has 4 rings (SSSR count). The maximum absolute atomic E-state index is 14.5. The molecule has 2 bridgehead atoms. The van der Waals surface area contributed by atoms with Gasteiger partial charge in [0.25, 0.3) is 11.7 Å². The Kier molecular flexibility index (Phi) is 30.1. The van der Waals surface area contributed by atoms with Gasteiger partial charge in [-0.25, -0.2) is 9.59 Å². The van der Waals surface area contributed by atoms with Crippen LogP contribution >= 0.6 is 0 Å². The number of allylic oxidation sites excluding steroid dienone is 6. The summed E-state index contributed by atoms with van der Waals surface area (Å²) >= 11 is 0. The molecule has 4 aliphatic rings. The molecule has 3 fully saturated rings. The Bertz CT molecular complexity index is 2120. The van der Waals surface area contributed by atoms with Crippen molar-refractivity contribution in [3.8, 4) is 0 Å². The van der Waals surface area contributed by atoms with E-state index in [9.17, 15) is 52.5 Å². The summed E-state index contributed by atoms with van der Waals surface area (Å²) in [4.78, 5) is 81.4. The lowest BCUT2D eigenvalue weighted by Crippen LogP contribution is -2.61. The number of aliphatic hydroxyl groups is 3. The van der Waals surface area contributed by atoms with Gasteiger partial charge in [0.15, 0.2) is 5.78 Å². The van der Waals surface area contributed by atoms with Crippen molar-refractivity contribution in [1.29, 1.82) is 0 Å². The number of aliphatic hydroxyl groups excluding tert-OH is 2. The van der Waals surface area contributed by atoms with Crippen LogP contribution in [0.4, 0.5) is 13.2 Å². The summed E-state index contributed by atoms with van der Waals surface area (Å²) in [5.41, 5.74) is 6.72. The molecule has 1 aliphatic carbocycles. The predicted octanol–water partition coefficient (Wildman–Crippen LogP) is 6.18. The van der Waals surface area contributed by atoms with Gasteiger partial charge in [-0.1, -0.05) is 71.1 Å². The van der Waals surface area contributed by atoms with Crippen LogP contribution in [0.2, 0.25) is 0 Å². The van der Waals surface area contributed by atoms with Crippen LogP contribution < -0.4 is 5.73 Å². The zero-order valence-electron chi connectivity index (χ0n) is 48.2. The fourth-order valence-corrected chi connectivity index (χ4v) is 10.7. The molecule has 19 nitrogen and oxygen atoms in total. The summed E-state index contributed by atoms with van der Waals surface area (Å²) in [6.45, 7) is 14.8. The molecule has 1 amide bonds. The maximum atomic E-state index is 14.5. The Balaban J connectivity index is 0.00000224. The predicted molar refractivity (Wildman–Crippen MR) is 288 cm³/mol. The highest BCUT2D eigenvalue weighted by molar-refractivity contribution is 6.39. The van der Waals surface area contributed by atoms with Gasteiger partial charge < -0.3 is 64.2 Å². The lowest BCUT2D eigenvalue weighted by atomic mass is 9.78. The standard InChI is InChI=1S/C56H90N2O15.C2HF3O2/c1-35-15-11-10-12-16-36(2)47(71-28-27-70-26-25-69-24-22-57)33-43-20-18-41(7)56(66,73-43)53(63)54(64)58-23-14-13-17-44(58)55(65)72-48(38(4)31-42-19-21-45(59)49(32-42)67-8)34-46(60)37(3)30-40(6)51(62)52(68-9)50(61)39(5)29-35;3-2(4,5)1(6)7/h10-12,15-16,30,35,37-39,41-45,47-49,51-52,59,62,66H,13-14,17-29,31-34,57H2,1-9H3;(H,6,7)/b12-10+,15-11+,36-16+,40-30+;/t35-,37-,38-,39-,41-,42+,43+,44+,45-,47+,48+,49-,51-,52+,56-;/m1./s1. The molecule has 0 aromatic carbocycles. The van der Waals surface area contributed by atoms with Gasteiger partial charge in [-0.05, 0) is 107 Å². The first-order valence-electron chi connectivity index (χ1n) is 28.1. The number of halogens is 3. The van der Waals surface area contributed by atoms with E-state index in [1.54, 1.807) is 34.0 Å². The Labute approximate surface area is 469 Å². The van der Waals surface area contributed by atoms with Crippen molar-refractivity contribution in [2.45, 2.75) is 186 Å². The topological polar surface area (TPSA) is 277 Å². The lowest BCUT2D eigenvalue weighted by molar-refractivity contribution is -0.266.